The third-order valence-corrected chi connectivity index (χ3v) is 2.94. The summed E-state index contributed by atoms with van der Waals surface area (Å²) in [7, 11) is 1.71. The zero-order chi connectivity index (χ0) is 12.3. The largest absolute Gasteiger partial charge is 0.419 e. The molecule has 2 aromatic rings. The molecule has 1 aromatic carbocycles. The third-order valence-electron chi connectivity index (χ3n) is 2.67. The van der Waals surface area contributed by atoms with Gasteiger partial charge in [-0.1, -0.05) is 6.07 Å². The van der Waals surface area contributed by atoms with Crippen molar-refractivity contribution < 1.29 is 4.42 Å². The SMILES string of the molecule is Cn1c(=O)oc2ccc(CNCCCCl)cc21. The Kier molecular flexibility index (Phi) is 3.86. The Bertz CT molecular complexity index is 559. The summed E-state index contributed by atoms with van der Waals surface area (Å²) >= 11 is 5.59. The van der Waals surface area contributed by atoms with Crippen molar-refractivity contribution in [2.45, 2.75) is 13.0 Å². The van der Waals surface area contributed by atoms with E-state index in [0.717, 1.165) is 30.6 Å². The van der Waals surface area contributed by atoms with E-state index in [-0.39, 0.29) is 5.76 Å². The van der Waals surface area contributed by atoms with Crippen molar-refractivity contribution in [2.24, 2.45) is 7.05 Å². The molecule has 0 amide bonds. The van der Waals surface area contributed by atoms with Crippen molar-refractivity contribution in [3.8, 4) is 0 Å². The van der Waals surface area contributed by atoms with Crippen LogP contribution < -0.4 is 11.1 Å². The van der Waals surface area contributed by atoms with Gasteiger partial charge >= 0.3 is 5.76 Å². The molecule has 0 saturated carbocycles. The van der Waals surface area contributed by atoms with Gasteiger partial charge in [-0.15, -0.1) is 11.6 Å². The van der Waals surface area contributed by atoms with E-state index in [9.17, 15) is 4.79 Å². The Morgan fingerprint density at radius 1 is 1.47 bits per heavy atom. The summed E-state index contributed by atoms with van der Waals surface area (Å²) in [6, 6.07) is 5.75. The lowest BCUT2D eigenvalue weighted by molar-refractivity contribution is 0.528. The first kappa shape index (κ1) is 12.2. The van der Waals surface area contributed by atoms with Crippen LogP contribution in [-0.2, 0) is 13.6 Å². The Balaban J connectivity index is 2.14. The van der Waals surface area contributed by atoms with Crippen LogP contribution in [0.4, 0.5) is 0 Å². The first-order valence-electron chi connectivity index (χ1n) is 5.57. The summed E-state index contributed by atoms with van der Waals surface area (Å²) in [5, 5.41) is 3.29. The number of hydrogen-bond acceptors (Lipinski definition) is 3. The van der Waals surface area contributed by atoms with Crippen LogP contribution in [0.3, 0.4) is 0 Å². The number of halogens is 1. The molecule has 0 bridgehead atoms. The Hall–Kier alpha value is -1.26. The second-order valence-electron chi connectivity index (χ2n) is 3.95. The minimum atomic E-state index is -0.327. The molecule has 0 radical (unpaired) electrons. The fourth-order valence-electron chi connectivity index (χ4n) is 1.71. The van der Waals surface area contributed by atoms with Crippen molar-refractivity contribution in [1.29, 1.82) is 0 Å². The van der Waals surface area contributed by atoms with Crippen LogP contribution in [0.5, 0.6) is 0 Å². The first-order valence-corrected chi connectivity index (χ1v) is 6.11. The highest BCUT2D eigenvalue weighted by Gasteiger charge is 2.05. The molecule has 0 spiro atoms. The van der Waals surface area contributed by atoms with E-state index in [2.05, 4.69) is 5.32 Å². The number of nitrogens with one attached hydrogen (secondary N) is 1. The number of nitrogens with zero attached hydrogens (tertiary/aromatic N) is 1. The van der Waals surface area contributed by atoms with E-state index in [1.807, 2.05) is 18.2 Å². The average Bonchev–Trinajstić information content (AvgIpc) is 2.61. The Morgan fingerprint density at radius 3 is 3.06 bits per heavy atom. The normalized spacial score (nSPS) is 11.2. The van der Waals surface area contributed by atoms with Crippen LogP contribution in [-0.4, -0.2) is 17.0 Å². The molecule has 1 heterocycles. The van der Waals surface area contributed by atoms with Gasteiger partial charge in [0.05, 0.1) is 5.52 Å². The second kappa shape index (κ2) is 5.38. The van der Waals surface area contributed by atoms with E-state index >= 15 is 0 Å². The third kappa shape index (κ3) is 2.70. The molecule has 2 rings (SSSR count). The standard InChI is InChI=1S/C12H15ClN2O2/c1-15-10-7-9(8-14-6-2-5-13)3-4-11(10)17-12(15)16/h3-4,7,14H,2,5-6,8H2,1H3. The van der Waals surface area contributed by atoms with Crippen molar-refractivity contribution >= 4 is 22.7 Å². The van der Waals surface area contributed by atoms with Gasteiger partial charge < -0.3 is 9.73 Å². The van der Waals surface area contributed by atoms with Gasteiger partial charge in [0.2, 0.25) is 0 Å². The lowest BCUT2D eigenvalue weighted by Gasteiger charge is -2.03. The molecule has 4 nitrogen and oxygen atoms in total. The summed E-state index contributed by atoms with van der Waals surface area (Å²) < 4.78 is 6.58. The lowest BCUT2D eigenvalue weighted by atomic mass is 10.2. The molecule has 0 aliphatic rings. The van der Waals surface area contributed by atoms with Crippen LogP contribution in [0.1, 0.15) is 12.0 Å². The van der Waals surface area contributed by atoms with Crippen LogP contribution in [0, 0.1) is 0 Å². The van der Waals surface area contributed by atoms with Crippen molar-refractivity contribution in [1.82, 2.24) is 9.88 Å². The fourth-order valence-corrected chi connectivity index (χ4v) is 1.84. The van der Waals surface area contributed by atoms with E-state index in [1.165, 1.54) is 4.57 Å². The number of hydrogen-bond donors (Lipinski definition) is 1. The predicted molar refractivity (Wildman–Crippen MR) is 68.5 cm³/mol. The molecule has 5 heteroatoms. The summed E-state index contributed by atoms with van der Waals surface area (Å²) in [6.07, 6.45) is 0.952. The number of alkyl halides is 1. The highest BCUT2D eigenvalue weighted by Crippen LogP contribution is 2.13. The zero-order valence-corrected chi connectivity index (χ0v) is 10.5. The molecule has 17 heavy (non-hydrogen) atoms. The molecule has 92 valence electrons. The molecule has 0 aliphatic heterocycles. The van der Waals surface area contributed by atoms with Crippen molar-refractivity contribution in [3.63, 3.8) is 0 Å². The zero-order valence-electron chi connectivity index (χ0n) is 9.70. The number of benzene rings is 1. The minimum absolute atomic E-state index is 0.327. The summed E-state index contributed by atoms with van der Waals surface area (Å²) in [6.45, 7) is 1.66. The summed E-state index contributed by atoms with van der Waals surface area (Å²) in [5.74, 6) is 0.342. The van der Waals surface area contributed by atoms with Gasteiger partial charge in [-0.25, -0.2) is 4.79 Å². The Morgan fingerprint density at radius 2 is 2.29 bits per heavy atom. The predicted octanol–water partition coefficient (Wildman–Crippen LogP) is 1.85. The number of rotatable bonds is 5. The fraction of sp³-hybridized carbons (Fsp3) is 0.417. The second-order valence-corrected chi connectivity index (χ2v) is 4.33. The molecular weight excluding hydrogens is 240 g/mol. The van der Waals surface area contributed by atoms with Crippen LogP contribution in [0.15, 0.2) is 27.4 Å². The van der Waals surface area contributed by atoms with E-state index in [1.54, 1.807) is 7.05 Å². The van der Waals surface area contributed by atoms with Crippen molar-refractivity contribution in [3.05, 3.63) is 34.3 Å². The highest BCUT2D eigenvalue weighted by atomic mass is 35.5. The van der Waals surface area contributed by atoms with Crippen molar-refractivity contribution in [2.75, 3.05) is 12.4 Å². The molecule has 1 N–H and O–H groups in total. The van der Waals surface area contributed by atoms with Gasteiger partial charge in [-0.3, -0.25) is 4.57 Å². The molecule has 0 atom stereocenters. The lowest BCUT2D eigenvalue weighted by Crippen LogP contribution is -2.15. The number of aryl methyl sites for hydroxylation is 1. The van der Waals surface area contributed by atoms with Gasteiger partial charge in [0.15, 0.2) is 5.58 Å². The van der Waals surface area contributed by atoms with E-state index < -0.39 is 0 Å². The monoisotopic (exact) mass is 254 g/mol. The number of fused-ring (bicyclic) bond motifs is 1. The summed E-state index contributed by atoms with van der Waals surface area (Å²) in [4.78, 5) is 11.3. The van der Waals surface area contributed by atoms with Gasteiger partial charge in [0.25, 0.3) is 0 Å². The molecule has 0 saturated heterocycles. The Labute approximate surface area is 104 Å². The van der Waals surface area contributed by atoms with Crippen LogP contribution in [0.25, 0.3) is 11.1 Å². The van der Waals surface area contributed by atoms with Gasteiger partial charge in [0, 0.05) is 19.5 Å². The van der Waals surface area contributed by atoms with Gasteiger partial charge in [-0.05, 0) is 30.7 Å². The number of aromatic nitrogens is 1. The summed E-state index contributed by atoms with van der Waals surface area (Å²) in [5.41, 5.74) is 2.58. The minimum Gasteiger partial charge on any atom is -0.408 e. The van der Waals surface area contributed by atoms with Gasteiger partial charge in [-0.2, -0.15) is 0 Å². The highest BCUT2D eigenvalue weighted by molar-refractivity contribution is 6.17. The molecule has 1 aromatic heterocycles. The quantitative estimate of drug-likeness (QED) is 0.654. The molecular formula is C12H15ClN2O2. The van der Waals surface area contributed by atoms with Crippen LogP contribution in [0.2, 0.25) is 0 Å². The van der Waals surface area contributed by atoms with E-state index in [0.29, 0.717) is 11.5 Å². The van der Waals surface area contributed by atoms with Gasteiger partial charge in [0.1, 0.15) is 0 Å². The molecule has 0 unspecified atom stereocenters. The maximum atomic E-state index is 11.3. The first-order chi connectivity index (χ1) is 8.22. The van der Waals surface area contributed by atoms with Crippen LogP contribution >= 0.6 is 11.6 Å². The molecule has 0 aliphatic carbocycles. The topological polar surface area (TPSA) is 47.2 Å². The molecule has 0 fully saturated rings. The maximum Gasteiger partial charge on any atom is 0.419 e. The maximum absolute atomic E-state index is 11.3. The van der Waals surface area contributed by atoms with E-state index in [4.69, 9.17) is 16.0 Å². The smallest absolute Gasteiger partial charge is 0.408 e. The average molecular weight is 255 g/mol. The number of oxazole rings is 1.